The highest BCUT2D eigenvalue weighted by molar-refractivity contribution is 14.1. The molecule has 0 unspecified atom stereocenters. The largest absolute Gasteiger partial charge is 0.490 e. The van der Waals surface area contributed by atoms with Crippen molar-refractivity contribution in [2.75, 3.05) is 23.8 Å². The zero-order valence-electron chi connectivity index (χ0n) is 21.8. The summed E-state index contributed by atoms with van der Waals surface area (Å²) in [6, 6.07) is 14.7. The lowest BCUT2D eigenvalue weighted by molar-refractivity contribution is -0.137. The van der Waals surface area contributed by atoms with E-state index in [0.717, 1.165) is 29.3 Å². The van der Waals surface area contributed by atoms with Gasteiger partial charge in [0.1, 0.15) is 11.6 Å². The molecule has 11 heteroatoms. The highest BCUT2D eigenvalue weighted by Gasteiger charge is 2.30. The van der Waals surface area contributed by atoms with Crippen LogP contribution in [0, 0.1) is 28.7 Å². The Balaban J connectivity index is 1.78. The summed E-state index contributed by atoms with van der Waals surface area (Å²) >= 11 is 1.98. The second-order valence-corrected chi connectivity index (χ2v) is 9.78. The van der Waals surface area contributed by atoms with Gasteiger partial charge in [0.15, 0.2) is 18.1 Å². The monoisotopic (exact) mass is 663 g/mol. The first kappa shape index (κ1) is 30.5. The summed E-state index contributed by atoms with van der Waals surface area (Å²) in [5.74, 6) is -0.650. The van der Waals surface area contributed by atoms with Gasteiger partial charge >= 0.3 is 6.18 Å². The van der Waals surface area contributed by atoms with Crippen molar-refractivity contribution >= 4 is 51.9 Å². The van der Waals surface area contributed by atoms with Crippen LogP contribution in [-0.2, 0) is 15.8 Å². The van der Waals surface area contributed by atoms with Crippen molar-refractivity contribution in [3.63, 3.8) is 0 Å². The summed E-state index contributed by atoms with van der Waals surface area (Å²) in [6.07, 6.45) is -3.30. The first-order chi connectivity index (χ1) is 18.9. The van der Waals surface area contributed by atoms with Gasteiger partial charge in [0, 0.05) is 11.4 Å². The molecule has 0 aliphatic rings. The molecule has 0 aromatic heterocycles. The van der Waals surface area contributed by atoms with Crippen LogP contribution in [0.15, 0.2) is 60.2 Å². The number of hydrogen-bond acceptors (Lipinski definition) is 5. The standard InChI is InChI=1S/C29H25F3IN3O4/c1-4-39-25-13-19(11-20(15-34)28(38)35-22-7-5-6-21(14-22)29(30,31)32)12-23(33)27(25)40-16-26(37)36-24-9-8-17(2)10-18(24)3/h5-14H,4,16H2,1-3H3,(H,35,38)(H,36,37)/b20-11+. The van der Waals surface area contributed by atoms with Gasteiger partial charge in [-0.3, -0.25) is 9.59 Å². The molecule has 0 saturated carbocycles. The van der Waals surface area contributed by atoms with Crippen LogP contribution in [0.5, 0.6) is 11.5 Å². The van der Waals surface area contributed by atoms with Gasteiger partial charge in [0.05, 0.1) is 15.7 Å². The van der Waals surface area contributed by atoms with Crippen molar-refractivity contribution in [2.24, 2.45) is 0 Å². The van der Waals surface area contributed by atoms with Gasteiger partial charge in [-0.05, 0) is 97.0 Å². The molecule has 0 aliphatic carbocycles. The molecule has 7 nitrogen and oxygen atoms in total. The Morgan fingerprint density at radius 3 is 2.45 bits per heavy atom. The second kappa shape index (κ2) is 13.3. The van der Waals surface area contributed by atoms with Crippen LogP contribution >= 0.6 is 22.6 Å². The minimum absolute atomic E-state index is 0.103. The van der Waals surface area contributed by atoms with E-state index in [1.54, 1.807) is 19.1 Å². The molecule has 2 amide bonds. The number of anilines is 2. The zero-order chi connectivity index (χ0) is 29.4. The number of benzene rings is 3. The predicted molar refractivity (Wildman–Crippen MR) is 154 cm³/mol. The van der Waals surface area contributed by atoms with E-state index in [0.29, 0.717) is 20.6 Å². The molecule has 0 spiro atoms. The summed E-state index contributed by atoms with van der Waals surface area (Å²) in [7, 11) is 0. The summed E-state index contributed by atoms with van der Waals surface area (Å²) in [5, 5.41) is 14.7. The van der Waals surface area contributed by atoms with Crippen LogP contribution < -0.4 is 20.1 Å². The van der Waals surface area contributed by atoms with Gasteiger partial charge in [-0.15, -0.1) is 0 Å². The highest BCUT2D eigenvalue weighted by Crippen LogP contribution is 2.35. The first-order valence-corrected chi connectivity index (χ1v) is 13.1. The number of nitriles is 1. The molecule has 0 bridgehead atoms. The number of ether oxygens (including phenoxy) is 2. The summed E-state index contributed by atoms with van der Waals surface area (Å²) in [5.41, 5.74) is 1.71. The lowest BCUT2D eigenvalue weighted by Crippen LogP contribution is -2.21. The average molecular weight is 663 g/mol. The molecule has 40 heavy (non-hydrogen) atoms. The molecule has 3 rings (SSSR count). The average Bonchev–Trinajstić information content (AvgIpc) is 2.88. The highest BCUT2D eigenvalue weighted by atomic mass is 127. The van der Waals surface area contributed by atoms with Crippen molar-refractivity contribution in [1.29, 1.82) is 5.26 Å². The van der Waals surface area contributed by atoms with Crippen LogP contribution in [0.1, 0.15) is 29.2 Å². The fraction of sp³-hybridized carbons (Fsp3) is 0.207. The predicted octanol–water partition coefficient (Wildman–Crippen LogP) is 6.89. The molecule has 208 valence electrons. The van der Waals surface area contributed by atoms with Crippen LogP contribution in [0.4, 0.5) is 24.5 Å². The third-order valence-corrected chi connectivity index (χ3v) is 6.26. The number of halogens is 4. The maximum absolute atomic E-state index is 13.0. The Morgan fingerprint density at radius 2 is 1.80 bits per heavy atom. The number of hydrogen-bond donors (Lipinski definition) is 2. The lowest BCUT2D eigenvalue weighted by atomic mass is 10.1. The molecule has 3 aromatic carbocycles. The van der Waals surface area contributed by atoms with Crippen LogP contribution in [0.25, 0.3) is 6.08 Å². The lowest BCUT2D eigenvalue weighted by Gasteiger charge is -2.15. The van der Waals surface area contributed by atoms with E-state index < -0.39 is 17.6 Å². The zero-order valence-corrected chi connectivity index (χ0v) is 23.9. The maximum atomic E-state index is 13.0. The normalized spacial score (nSPS) is 11.4. The Bertz CT molecular complexity index is 1500. The van der Waals surface area contributed by atoms with Crippen LogP contribution in [0.2, 0.25) is 0 Å². The number of carbonyl (C=O) groups excluding carboxylic acids is 2. The summed E-state index contributed by atoms with van der Waals surface area (Å²) in [6.45, 7) is 5.59. The van der Waals surface area contributed by atoms with Gasteiger partial charge < -0.3 is 20.1 Å². The summed E-state index contributed by atoms with van der Waals surface area (Å²) < 4.78 is 51.0. The van der Waals surface area contributed by atoms with E-state index in [-0.39, 0.29) is 36.1 Å². The van der Waals surface area contributed by atoms with Crippen molar-refractivity contribution in [1.82, 2.24) is 0 Å². The molecule has 0 saturated heterocycles. The van der Waals surface area contributed by atoms with Gasteiger partial charge in [-0.25, -0.2) is 0 Å². The van der Waals surface area contributed by atoms with E-state index in [9.17, 15) is 28.0 Å². The van der Waals surface area contributed by atoms with Gasteiger partial charge in [0.25, 0.3) is 11.8 Å². The number of nitrogens with one attached hydrogen (secondary N) is 2. The first-order valence-electron chi connectivity index (χ1n) is 12.0. The number of carbonyl (C=O) groups is 2. The molecule has 3 aromatic rings. The topological polar surface area (TPSA) is 100 Å². The molecule has 0 heterocycles. The molecular weight excluding hydrogens is 638 g/mol. The van der Waals surface area contributed by atoms with Gasteiger partial charge in [0.2, 0.25) is 0 Å². The van der Waals surface area contributed by atoms with Gasteiger partial charge in [-0.1, -0.05) is 23.8 Å². The second-order valence-electron chi connectivity index (χ2n) is 8.62. The molecule has 0 fully saturated rings. The van der Waals surface area contributed by atoms with Crippen LogP contribution in [0.3, 0.4) is 0 Å². The van der Waals surface area contributed by atoms with E-state index in [1.165, 1.54) is 18.2 Å². The van der Waals surface area contributed by atoms with Crippen molar-refractivity contribution in [2.45, 2.75) is 26.9 Å². The minimum Gasteiger partial charge on any atom is -0.490 e. The molecule has 2 N–H and O–H groups in total. The number of amides is 2. The van der Waals surface area contributed by atoms with Crippen LogP contribution in [-0.4, -0.2) is 25.0 Å². The Morgan fingerprint density at radius 1 is 1.05 bits per heavy atom. The number of aryl methyl sites for hydroxylation is 2. The fourth-order valence-corrected chi connectivity index (χ4v) is 4.42. The SMILES string of the molecule is CCOc1cc(/C=C(\C#N)C(=O)Nc2cccc(C(F)(F)F)c2)cc(I)c1OCC(=O)Nc1ccc(C)cc1C. The van der Waals surface area contributed by atoms with E-state index in [4.69, 9.17) is 9.47 Å². The third kappa shape index (κ3) is 8.22. The Kier molecular flexibility index (Phi) is 10.2. The van der Waals surface area contributed by atoms with Gasteiger partial charge in [-0.2, -0.15) is 18.4 Å². The number of alkyl halides is 3. The molecule has 0 atom stereocenters. The molecular formula is C29H25F3IN3O4. The van der Waals surface area contributed by atoms with Crippen molar-refractivity contribution < 1.29 is 32.2 Å². The Hall–Kier alpha value is -4.05. The number of nitrogens with zero attached hydrogens (tertiary/aromatic N) is 1. The van der Waals surface area contributed by atoms with Crippen molar-refractivity contribution in [3.05, 3.63) is 86.0 Å². The summed E-state index contributed by atoms with van der Waals surface area (Å²) in [4.78, 5) is 25.2. The third-order valence-electron chi connectivity index (χ3n) is 5.46. The van der Waals surface area contributed by atoms with E-state index >= 15 is 0 Å². The van der Waals surface area contributed by atoms with E-state index in [1.807, 2.05) is 54.6 Å². The minimum atomic E-state index is -4.58. The van der Waals surface area contributed by atoms with Crippen molar-refractivity contribution in [3.8, 4) is 17.6 Å². The quantitative estimate of drug-likeness (QED) is 0.148. The maximum Gasteiger partial charge on any atom is 0.416 e. The molecule has 0 aliphatic heterocycles. The number of rotatable bonds is 9. The molecule has 0 radical (unpaired) electrons. The Labute approximate surface area is 243 Å². The smallest absolute Gasteiger partial charge is 0.416 e. The van der Waals surface area contributed by atoms with E-state index in [2.05, 4.69) is 10.6 Å². The fourth-order valence-electron chi connectivity index (χ4n) is 3.64.